The number of hydrogen-bond donors (Lipinski definition) is 4. The zero-order chi connectivity index (χ0) is 15.1. The monoisotopic (exact) mass is 290 g/mol. The number of unbranched alkanes of at least 4 members (excludes halogenated alkanes) is 3. The highest BCUT2D eigenvalue weighted by atomic mass is 16.5. The van der Waals surface area contributed by atoms with Crippen LogP contribution in [-0.4, -0.2) is 38.2 Å². The zero-order valence-electron chi connectivity index (χ0n) is 11.9. The lowest BCUT2D eigenvalue weighted by Crippen LogP contribution is -2.30. The number of carbonyl (C=O) groups is 2. The van der Waals surface area contributed by atoms with E-state index in [1.807, 2.05) is 10.9 Å². The Morgan fingerprint density at radius 2 is 1.10 bits per heavy atom. The third kappa shape index (κ3) is 13.2. The van der Waals surface area contributed by atoms with E-state index in [0.29, 0.717) is 39.3 Å². The molecule has 0 unspecified atom stereocenters. The van der Waals surface area contributed by atoms with E-state index in [0.717, 1.165) is 25.7 Å². The van der Waals surface area contributed by atoms with Crippen LogP contribution in [0.25, 0.3) is 0 Å². The summed E-state index contributed by atoms with van der Waals surface area (Å²) in [7, 11) is 0. The molecule has 0 radical (unpaired) electrons. The summed E-state index contributed by atoms with van der Waals surface area (Å²) in [5, 5.41) is 0. The van der Waals surface area contributed by atoms with Crippen LogP contribution in [0.4, 0.5) is 0 Å². The standard InChI is InChI=1S/C12H26N4O4/c13-15-11(17)5-9-19-7-3-1-2-4-8-20-10-6-12(18)16-14/h1-10,13-14H2,(H,15,17)(H,16,18). The largest absolute Gasteiger partial charge is 0.381 e. The van der Waals surface area contributed by atoms with Gasteiger partial charge in [-0.1, -0.05) is 12.8 Å². The minimum absolute atomic E-state index is 0.217. The Kier molecular flexibility index (Phi) is 13.3. The maximum atomic E-state index is 10.8. The molecule has 0 aromatic rings. The molecule has 0 aliphatic carbocycles. The summed E-state index contributed by atoms with van der Waals surface area (Å²) in [4.78, 5) is 21.5. The van der Waals surface area contributed by atoms with Gasteiger partial charge < -0.3 is 9.47 Å². The van der Waals surface area contributed by atoms with Crippen molar-refractivity contribution in [3.8, 4) is 0 Å². The van der Waals surface area contributed by atoms with Crippen LogP contribution >= 0.6 is 0 Å². The lowest BCUT2D eigenvalue weighted by Gasteiger charge is -2.05. The molecule has 0 aliphatic heterocycles. The van der Waals surface area contributed by atoms with Gasteiger partial charge in [-0.05, 0) is 12.8 Å². The van der Waals surface area contributed by atoms with Crippen LogP contribution in [0.3, 0.4) is 0 Å². The molecule has 20 heavy (non-hydrogen) atoms. The fourth-order valence-electron chi connectivity index (χ4n) is 1.44. The summed E-state index contributed by atoms with van der Waals surface area (Å²) in [5.41, 5.74) is 4.09. The number of nitrogens with one attached hydrogen (secondary N) is 2. The van der Waals surface area contributed by atoms with Crippen molar-refractivity contribution in [3.05, 3.63) is 0 Å². The van der Waals surface area contributed by atoms with Gasteiger partial charge in [-0.25, -0.2) is 11.7 Å². The first kappa shape index (κ1) is 18.8. The Balaban J connectivity index is 3.06. The van der Waals surface area contributed by atoms with Gasteiger partial charge >= 0.3 is 0 Å². The quantitative estimate of drug-likeness (QED) is 0.154. The van der Waals surface area contributed by atoms with Gasteiger partial charge in [0.05, 0.1) is 26.1 Å². The highest BCUT2D eigenvalue weighted by molar-refractivity contribution is 5.75. The Hall–Kier alpha value is -1.22. The molecule has 0 fully saturated rings. The second kappa shape index (κ2) is 14.2. The van der Waals surface area contributed by atoms with Crippen LogP contribution in [0.15, 0.2) is 0 Å². The zero-order valence-corrected chi connectivity index (χ0v) is 11.9. The van der Waals surface area contributed by atoms with Crippen molar-refractivity contribution >= 4 is 11.8 Å². The molecule has 8 heteroatoms. The van der Waals surface area contributed by atoms with Crippen molar-refractivity contribution in [2.45, 2.75) is 38.5 Å². The maximum Gasteiger partial charge on any atom is 0.236 e. The van der Waals surface area contributed by atoms with Crippen LogP contribution in [0.2, 0.25) is 0 Å². The average Bonchev–Trinajstić information content (AvgIpc) is 2.47. The molecule has 118 valence electrons. The topological polar surface area (TPSA) is 129 Å². The van der Waals surface area contributed by atoms with E-state index in [1.165, 1.54) is 0 Å². The Bertz CT molecular complexity index is 238. The van der Waals surface area contributed by atoms with E-state index < -0.39 is 0 Å². The van der Waals surface area contributed by atoms with Gasteiger partial charge in [0, 0.05) is 13.2 Å². The lowest BCUT2D eigenvalue weighted by molar-refractivity contribution is -0.123. The summed E-state index contributed by atoms with van der Waals surface area (Å²) in [6.07, 6.45) is 4.60. The molecule has 0 atom stereocenters. The van der Waals surface area contributed by atoms with Crippen molar-refractivity contribution in [2.24, 2.45) is 11.7 Å². The number of hydrogen-bond acceptors (Lipinski definition) is 6. The van der Waals surface area contributed by atoms with Crippen molar-refractivity contribution in [1.82, 2.24) is 10.9 Å². The first-order valence-corrected chi connectivity index (χ1v) is 6.85. The minimum atomic E-state index is -0.217. The molecule has 8 nitrogen and oxygen atoms in total. The predicted molar refractivity (Wildman–Crippen MR) is 74.0 cm³/mol. The molecule has 0 heterocycles. The summed E-state index contributed by atoms with van der Waals surface area (Å²) >= 11 is 0. The molecule has 0 saturated carbocycles. The molecule has 0 aromatic heterocycles. The number of rotatable bonds is 13. The number of nitrogens with two attached hydrogens (primary N) is 2. The first-order chi connectivity index (χ1) is 9.70. The van der Waals surface area contributed by atoms with Crippen LogP contribution in [0, 0.1) is 0 Å². The number of amides is 2. The van der Waals surface area contributed by atoms with Crippen molar-refractivity contribution in [2.75, 3.05) is 26.4 Å². The van der Waals surface area contributed by atoms with Gasteiger partial charge in [0.1, 0.15) is 0 Å². The Morgan fingerprint density at radius 3 is 1.45 bits per heavy atom. The van der Waals surface area contributed by atoms with Gasteiger partial charge in [-0.3, -0.25) is 20.4 Å². The molecule has 2 amide bonds. The summed E-state index contributed by atoms with van der Waals surface area (Å²) in [5.74, 6) is 9.43. The highest BCUT2D eigenvalue weighted by Crippen LogP contribution is 2.01. The minimum Gasteiger partial charge on any atom is -0.381 e. The molecular formula is C12H26N4O4. The van der Waals surface area contributed by atoms with E-state index in [1.54, 1.807) is 0 Å². The molecule has 0 aromatic carbocycles. The lowest BCUT2D eigenvalue weighted by atomic mass is 10.2. The molecular weight excluding hydrogens is 264 g/mol. The number of hydrazine groups is 2. The molecule has 0 saturated heterocycles. The highest BCUT2D eigenvalue weighted by Gasteiger charge is 1.98. The van der Waals surface area contributed by atoms with Crippen LogP contribution < -0.4 is 22.5 Å². The molecule has 0 aliphatic rings. The van der Waals surface area contributed by atoms with Crippen molar-refractivity contribution in [1.29, 1.82) is 0 Å². The van der Waals surface area contributed by atoms with Crippen LogP contribution in [-0.2, 0) is 19.1 Å². The van der Waals surface area contributed by atoms with Gasteiger partial charge in [0.15, 0.2) is 0 Å². The second-order valence-electron chi connectivity index (χ2n) is 4.27. The van der Waals surface area contributed by atoms with Gasteiger partial charge in [0.2, 0.25) is 11.8 Å². The molecule has 0 spiro atoms. The number of ether oxygens (including phenoxy) is 2. The third-order valence-electron chi connectivity index (χ3n) is 2.60. The van der Waals surface area contributed by atoms with E-state index in [-0.39, 0.29) is 11.8 Å². The van der Waals surface area contributed by atoms with Crippen molar-refractivity contribution < 1.29 is 19.1 Å². The van der Waals surface area contributed by atoms with Crippen molar-refractivity contribution in [3.63, 3.8) is 0 Å². The predicted octanol–water partition coefficient (Wildman–Crippen LogP) is -0.660. The fraction of sp³-hybridized carbons (Fsp3) is 0.833. The van der Waals surface area contributed by atoms with E-state index >= 15 is 0 Å². The van der Waals surface area contributed by atoms with Gasteiger partial charge in [-0.2, -0.15) is 0 Å². The molecule has 0 bridgehead atoms. The average molecular weight is 290 g/mol. The second-order valence-corrected chi connectivity index (χ2v) is 4.27. The summed E-state index contributed by atoms with van der Waals surface area (Å²) in [6, 6.07) is 0. The fourth-order valence-corrected chi connectivity index (χ4v) is 1.44. The SMILES string of the molecule is NNC(=O)CCOCCCCCCOCCC(=O)NN. The van der Waals surface area contributed by atoms with Gasteiger partial charge in [-0.15, -0.1) is 0 Å². The smallest absolute Gasteiger partial charge is 0.236 e. The summed E-state index contributed by atoms with van der Waals surface area (Å²) < 4.78 is 10.6. The maximum absolute atomic E-state index is 10.8. The van der Waals surface area contributed by atoms with Crippen LogP contribution in [0.5, 0.6) is 0 Å². The first-order valence-electron chi connectivity index (χ1n) is 6.85. The van der Waals surface area contributed by atoms with E-state index in [4.69, 9.17) is 21.2 Å². The molecule has 6 N–H and O–H groups in total. The number of carbonyl (C=O) groups excluding carboxylic acids is 2. The molecule has 0 rings (SSSR count). The van der Waals surface area contributed by atoms with E-state index in [2.05, 4.69) is 0 Å². The summed E-state index contributed by atoms with van der Waals surface area (Å²) in [6.45, 7) is 2.09. The van der Waals surface area contributed by atoms with Gasteiger partial charge in [0.25, 0.3) is 0 Å². The Morgan fingerprint density at radius 1 is 0.700 bits per heavy atom. The normalized spacial score (nSPS) is 10.3. The third-order valence-corrected chi connectivity index (χ3v) is 2.60. The Labute approximate surface area is 119 Å². The van der Waals surface area contributed by atoms with E-state index in [9.17, 15) is 9.59 Å². The van der Waals surface area contributed by atoms with Crippen LogP contribution in [0.1, 0.15) is 38.5 Å².